The van der Waals surface area contributed by atoms with Crippen LogP contribution in [0.5, 0.6) is 0 Å². The van der Waals surface area contributed by atoms with Crippen LogP contribution in [0.3, 0.4) is 0 Å². The van der Waals surface area contributed by atoms with Gasteiger partial charge in [-0.3, -0.25) is 14.5 Å². The molecule has 0 atom stereocenters. The lowest BCUT2D eigenvalue weighted by atomic mass is 10.1. The molecule has 7 nitrogen and oxygen atoms in total. The minimum Gasteiger partial charge on any atom is -0.436 e. The number of carbonyl (C=O) groups excluding carboxylic acids is 1. The van der Waals surface area contributed by atoms with Crippen LogP contribution >= 0.6 is 12.2 Å². The van der Waals surface area contributed by atoms with Gasteiger partial charge in [0.2, 0.25) is 5.89 Å². The fraction of sp³-hybridized carbons (Fsp3) is 0.182. The molecule has 0 spiro atoms. The number of oxazole rings is 1. The molecule has 1 aliphatic carbocycles. The summed E-state index contributed by atoms with van der Waals surface area (Å²) in [4.78, 5) is 17.2. The molecule has 4 aromatic rings. The summed E-state index contributed by atoms with van der Waals surface area (Å²) in [5.41, 5.74) is 1.23. The van der Waals surface area contributed by atoms with Crippen LogP contribution in [0, 0.1) is 10.6 Å². The van der Waals surface area contributed by atoms with Crippen LogP contribution in [0.25, 0.3) is 22.8 Å². The van der Waals surface area contributed by atoms with Gasteiger partial charge in [0, 0.05) is 11.6 Å². The van der Waals surface area contributed by atoms with Crippen molar-refractivity contribution in [3.8, 4) is 22.8 Å². The molecular formula is C22H18FN5O2S. The van der Waals surface area contributed by atoms with Gasteiger partial charge in [0.05, 0.1) is 23.9 Å². The van der Waals surface area contributed by atoms with Gasteiger partial charge in [0.1, 0.15) is 5.82 Å². The molecule has 2 heterocycles. The first kappa shape index (κ1) is 19.4. The number of aromatic nitrogens is 4. The smallest absolute Gasteiger partial charge is 0.252 e. The van der Waals surface area contributed by atoms with Crippen LogP contribution in [0.4, 0.5) is 4.39 Å². The summed E-state index contributed by atoms with van der Waals surface area (Å²) in [7, 11) is 0. The Hall–Kier alpha value is -3.59. The maximum atomic E-state index is 14.1. The first-order valence-electron chi connectivity index (χ1n) is 9.86. The Bertz CT molecular complexity index is 1320. The molecule has 0 radical (unpaired) electrons. The number of rotatable bonds is 6. The highest BCUT2D eigenvalue weighted by Gasteiger charge is 2.27. The number of benzene rings is 2. The highest BCUT2D eigenvalue weighted by atomic mass is 32.1. The second-order valence-electron chi connectivity index (χ2n) is 7.28. The monoisotopic (exact) mass is 435 g/mol. The Morgan fingerprint density at radius 2 is 1.94 bits per heavy atom. The summed E-state index contributed by atoms with van der Waals surface area (Å²) < 4.78 is 22.4. The molecular weight excluding hydrogens is 417 g/mol. The molecule has 0 aliphatic heterocycles. The van der Waals surface area contributed by atoms with E-state index in [0.717, 1.165) is 12.8 Å². The Labute approximate surface area is 181 Å². The van der Waals surface area contributed by atoms with Crippen LogP contribution in [-0.4, -0.2) is 25.7 Å². The summed E-state index contributed by atoms with van der Waals surface area (Å²) >= 11 is 5.28. The molecule has 1 fully saturated rings. The summed E-state index contributed by atoms with van der Waals surface area (Å²) in [6, 6.07) is 13.6. The molecule has 1 amide bonds. The average Bonchev–Trinajstić information content (AvgIpc) is 3.37. The Morgan fingerprint density at radius 3 is 2.71 bits per heavy atom. The van der Waals surface area contributed by atoms with E-state index in [0.29, 0.717) is 39.1 Å². The van der Waals surface area contributed by atoms with Crippen molar-refractivity contribution in [3.63, 3.8) is 0 Å². The van der Waals surface area contributed by atoms with Crippen molar-refractivity contribution in [1.82, 2.24) is 25.1 Å². The highest BCUT2D eigenvalue weighted by molar-refractivity contribution is 7.71. The largest absolute Gasteiger partial charge is 0.436 e. The van der Waals surface area contributed by atoms with E-state index in [1.807, 2.05) is 4.57 Å². The molecule has 0 saturated heterocycles. The van der Waals surface area contributed by atoms with Crippen molar-refractivity contribution in [2.24, 2.45) is 0 Å². The standard InChI is InChI=1S/C22H18FN5O2S/c23-17-8-4-3-7-16(17)18-11-25-21(30-18)15-6-2-1-5-14(15)20(29)24-12-19-26-27-22(31)28(19)13-9-10-13/h1-8,11,13H,9-10,12H2,(H,24,29)(H,27,31). The molecule has 0 unspecified atom stereocenters. The lowest BCUT2D eigenvalue weighted by Gasteiger charge is -2.09. The summed E-state index contributed by atoms with van der Waals surface area (Å²) in [6.45, 7) is 0.239. The molecule has 156 valence electrons. The average molecular weight is 435 g/mol. The van der Waals surface area contributed by atoms with Gasteiger partial charge >= 0.3 is 0 Å². The number of aromatic amines is 1. The number of hydrogen-bond acceptors (Lipinski definition) is 5. The lowest BCUT2D eigenvalue weighted by molar-refractivity contribution is 0.0950. The van der Waals surface area contributed by atoms with Crippen molar-refractivity contribution in [2.45, 2.75) is 25.4 Å². The molecule has 9 heteroatoms. The van der Waals surface area contributed by atoms with Gasteiger partial charge in [-0.1, -0.05) is 24.3 Å². The van der Waals surface area contributed by atoms with E-state index >= 15 is 0 Å². The second kappa shape index (κ2) is 7.92. The number of nitrogens with zero attached hydrogens (tertiary/aromatic N) is 3. The Balaban J connectivity index is 1.39. The normalized spacial score (nSPS) is 13.3. The molecule has 2 aromatic carbocycles. The lowest BCUT2D eigenvalue weighted by Crippen LogP contribution is -2.25. The zero-order chi connectivity index (χ0) is 21.4. The topological polar surface area (TPSA) is 88.7 Å². The first-order valence-corrected chi connectivity index (χ1v) is 10.3. The summed E-state index contributed by atoms with van der Waals surface area (Å²) in [5.74, 6) is 0.530. The number of H-pyrrole nitrogens is 1. The molecule has 1 saturated carbocycles. The molecule has 5 rings (SSSR count). The maximum absolute atomic E-state index is 14.1. The van der Waals surface area contributed by atoms with E-state index in [1.165, 1.54) is 12.3 Å². The second-order valence-corrected chi connectivity index (χ2v) is 7.67. The van der Waals surface area contributed by atoms with Gasteiger partial charge < -0.3 is 9.73 Å². The van der Waals surface area contributed by atoms with E-state index in [-0.39, 0.29) is 18.3 Å². The number of halogens is 1. The van der Waals surface area contributed by atoms with E-state index in [9.17, 15) is 9.18 Å². The molecule has 31 heavy (non-hydrogen) atoms. The zero-order valence-electron chi connectivity index (χ0n) is 16.3. The van der Waals surface area contributed by atoms with Gasteiger partial charge in [0.15, 0.2) is 16.4 Å². The van der Waals surface area contributed by atoms with Gasteiger partial charge in [-0.15, -0.1) is 0 Å². The zero-order valence-corrected chi connectivity index (χ0v) is 17.2. The van der Waals surface area contributed by atoms with Crippen molar-refractivity contribution in [3.05, 3.63) is 76.7 Å². The number of hydrogen-bond donors (Lipinski definition) is 2. The number of amides is 1. The van der Waals surface area contributed by atoms with Crippen LogP contribution in [0.1, 0.15) is 35.1 Å². The third kappa shape index (κ3) is 3.79. The van der Waals surface area contributed by atoms with Gasteiger partial charge in [-0.25, -0.2) is 9.37 Å². The number of nitrogens with one attached hydrogen (secondary N) is 2. The van der Waals surface area contributed by atoms with E-state index in [2.05, 4.69) is 20.5 Å². The SMILES string of the molecule is O=C(NCc1n[nH]c(=S)n1C1CC1)c1ccccc1-c1ncc(-c2ccccc2F)o1. The van der Waals surface area contributed by atoms with Crippen molar-refractivity contribution >= 4 is 18.1 Å². The van der Waals surface area contributed by atoms with Crippen LogP contribution in [-0.2, 0) is 6.54 Å². The minimum absolute atomic E-state index is 0.239. The number of carbonyl (C=O) groups is 1. The summed E-state index contributed by atoms with van der Waals surface area (Å²) in [5, 5.41) is 9.92. The van der Waals surface area contributed by atoms with Gasteiger partial charge in [-0.05, 0) is 49.3 Å². The fourth-order valence-corrected chi connectivity index (χ4v) is 3.78. The van der Waals surface area contributed by atoms with E-state index in [4.69, 9.17) is 16.6 Å². The first-order chi connectivity index (χ1) is 15.1. The molecule has 0 bridgehead atoms. The molecule has 2 N–H and O–H groups in total. The van der Waals surface area contributed by atoms with E-state index in [1.54, 1.807) is 42.5 Å². The van der Waals surface area contributed by atoms with Crippen LogP contribution < -0.4 is 5.32 Å². The van der Waals surface area contributed by atoms with Gasteiger partial charge in [0.25, 0.3) is 5.91 Å². The Morgan fingerprint density at radius 1 is 1.19 bits per heavy atom. The Kier molecular flexibility index (Phi) is 4.95. The molecule has 1 aliphatic rings. The highest BCUT2D eigenvalue weighted by Crippen LogP contribution is 2.35. The predicted octanol–water partition coefficient (Wildman–Crippen LogP) is 4.67. The molecule has 2 aromatic heterocycles. The van der Waals surface area contributed by atoms with Crippen molar-refractivity contribution < 1.29 is 13.6 Å². The van der Waals surface area contributed by atoms with Crippen molar-refractivity contribution in [2.75, 3.05) is 0 Å². The summed E-state index contributed by atoms with van der Waals surface area (Å²) in [6.07, 6.45) is 3.58. The quantitative estimate of drug-likeness (QED) is 0.430. The van der Waals surface area contributed by atoms with E-state index < -0.39 is 5.82 Å². The van der Waals surface area contributed by atoms with Crippen molar-refractivity contribution in [1.29, 1.82) is 0 Å². The minimum atomic E-state index is -0.402. The maximum Gasteiger partial charge on any atom is 0.252 e. The third-order valence-corrected chi connectivity index (χ3v) is 5.43. The predicted molar refractivity (Wildman–Crippen MR) is 114 cm³/mol. The van der Waals surface area contributed by atoms with Crippen LogP contribution in [0.2, 0.25) is 0 Å². The van der Waals surface area contributed by atoms with Gasteiger partial charge in [-0.2, -0.15) is 5.10 Å². The van der Waals surface area contributed by atoms with Crippen LogP contribution in [0.15, 0.2) is 59.1 Å². The third-order valence-electron chi connectivity index (χ3n) is 5.14. The fourth-order valence-electron chi connectivity index (χ4n) is 3.48.